The summed E-state index contributed by atoms with van der Waals surface area (Å²) in [4.78, 5) is 21.1. The highest BCUT2D eigenvalue weighted by molar-refractivity contribution is 6.38. The normalized spacial score (nSPS) is 13.7. The summed E-state index contributed by atoms with van der Waals surface area (Å²) in [6.07, 6.45) is 3.40. The topological polar surface area (TPSA) is 103 Å². The van der Waals surface area contributed by atoms with Crippen LogP contribution in [-0.4, -0.2) is 39.9 Å². The number of amides is 1. The molecule has 13 heteroatoms. The van der Waals surface area contributed by atoms with Crippen molar-refractivity contribution in [3.8, 4) is 17.2 Å². The van der Waals surface area contributed by atoms with Crippen molar-refractivity contribution in [1.82, 2.24) is 19.7 Å². The van der Waals surface area contributed by atoms with Gasteiger partial charge < -0.3 is 20.1 Å². The van der Waals surface area contributed by atoms with E-state index in [2.05, 4.69) is 32.3 Å². The van der Waals surface area contributed by atoms with Crippen molar-refractivity contribution in [2.75, 3.05) is 24.9 Å². The van der Waals surface area contributed by atoms with Gasteiger partial charge in [-0.1, -0.05) is 29.8 Å². The van der Waals surface area contributed by atoms with Crippen molar-refractivity contribution in [3.05, 3.63) is 87.6 Å². The maximum Gasteiger partial charge on any atom is 0.250 e. The van der Waals surface area contributed by atoms with Crippen molar-refractivity contribution in [1.29, 1.82) is 0 Å². The third-order valence-corrected chi connectivity index (χ3v) is 7.18. The van der Waals surface area contributed by atoms with E-state index in [0.29, 0.717) is 51.1 Å². The van der Waals surface area contributed by atoms with Crippen LogP contribution in [0.4, 0.5) is 26.0 Å². The van der Waals surface area contributed by atoms with Crippen LogP contribution in [-0.2, 0) is 11.2 Å². The Labute approximate surface area is 237 Å². The molecule has 0 bridgehead atoms. The first-order chi connectivity index (χ1) is 19.1. The number of anilines is 3. The van der Waals surface area contributed by atoms with Gasteiger partial charge in [0.05, 0.1) is 41.6 Å². The minimum atomic E-state index is -0.922. The number of hydrogen-bond donors (Lipinski definition) is 2. The summed E-state index contributed by atoms with van der Waals surface area (Å²) in [6, 6.07) is 4.96. The number of carbonyl (C=O) groups excluding carboxylic acids is 1. The lowest BCUT2D eigenvalue weighted by Gasteiger charge is -2.27. The fraction of sp³-hybridized carbons (Fsp3) is 0.185. The molecule has 2 aromatic carbocycles. The number of methoxy groups -OCH3 is 2. The molecule has 1 aliphatic rings. The molecular formula is C27H22Cl2F2N6O3. The molecule has 0 saturated heterocycles. The summed E-state index contributed by atoms with van der Waals surface area (Å²) < 4.78 is 41.3. The number of pyridine rings is 1. The molecule has 0 saturated carbocycles. The highest BCUT2D eigenvalue weighted by atomic mass is 35.5. The van der Waals surface area contributed by atoms with Crippen molar-refractivity contribution >= 4 is 46.3 Å². The zero-order valence-electron chi connectivity index (χ0n) is 21.5. The Morgan fingerprint density at radius 3 is 2.45 bits per heavy atom. The first kappa shape index (κ1) is 27.4. The molecule has 4 aromatic rings. The van der Waals surface area contributed by atoms with Gasteiger partial charge in [-0.15, -0.1) is 0 Å². The fourth-order valence-electron chi connectivity index (χ4n) is 4.48. The molecule has 0 spiro atoms. The maximum absolute atomic E-state index is 14.8. The number of aromatic nitrogens is 4. The van der Waals surface area contributed by atoms with Gasteiger partial charge in [0.15, 0.2) is 5.82 Å². The van der Waals surface area contributed by atoms with Crippen LogP contribution in [0.15, 0.2) is 48.9 Å². The number of carbonyl (C=O) groups is 1. The van der Waals surface area contributed by atoms with E-state index in [1.165, 1.54) is 27.5 Å². The van der Waals surface area contributed by atoms with Gasteiger partial charge in [0, 0.05) is 35.5 Å². The largest absolute Gasteiger partial charge is 0.495 e. The predicted molar refractivity (Wildman–Crippen MR) is 147 cm³/mol. The second-order valence-electron chi connectivity index (χ2n) is 8.98. The van der Waals surface area contributed by atoms with E-state index in [4.69, 9.17) is 32.7 Å². The number of halogens is 4. The maximum atomic E-state index is 14.8. The third kappa shape index (κ3) is 4.82. The number of fused-ring (bicyclic) bond motifs is 3. The quantitative estimate of drug-likeness (QED) is 0.248. The Hall–Kier alpha value is -4.22. The molecule has 206 valence electrons. The van der Waals surface area contributed by atoms with Gasteiger partial charge in [-0.25, -0.2) is 23.4 Å². The molecular weight excluding hydrogens is 565 g/mol. The Kier molecular flexibility index (Phi) is 7.35. The molecule has 1 unspecified atom stereocenters. The smallest absolute Gasteiger partial charge is 0.250 e. The van der Waals surface area contributed by atoms with Crippen LogP contribution in [0.5, 0.6) is 11.5 Å². The predicted octanol–water partition coefficient (Wildman–Crippen LogP) is 6.21. The first-order valence-electron chi connectivity index (χ1n) is 11.8. The molecule has 3 heterocycles. The lowest BCUT2D eigenvalue weighted by Crippen LogP contribution is -2.21. The van der Waals surface area contributed by atoms with Crippen LogP contribution in [0.25, 0.3) is 5.69 Å². The third-order valence-electron chi connectivity index (χ3n) is 6.40. The summed E-state index contributed by atoms with van der Waals surface area (Å²) in [7, 11) is 2.99. The fourth-order valence-corrected chi connectivity index (χ4v) is 5.24. The molecule has 9 nitrogen and oxygen atoms in total. The van der Waals surface area contributed by atoms with Gasteiger partial charge in [-0.2, -0.15) is 5.10 Å². The number of benzene rings is 2. The molecule has 0 radical (unpaired) electrons. The van der Waals surface area contributed by atoms with Crippen molar-refractivity contribution in [3.63, 3.8) is 0 Å². The zero-order chi connectivity index (χ0) is 28.7. The Bertz CT molecular complexity index is 1650. The van der Waals surface area contributed by atoms with E-state index in [-0.39, 0.29) is 22.8 Å². The molecule has 5 rings (SSSR count). The molecule has 40 heavy (non-hydrogen) atoms. The Morgan fingerprint density at radius 1 is 1.10 bits per heavy atom. The van der Waals surface area contributed by atoms with Gasteiger partial charge in [0.1, 0.15) is 41.0 Å². The molecule has 2 aromatic heterocycles. The molecule has 0 fully saturated rings. The van der Waals surface area contributed by atoms with Gasteiger partial charge in [-0.3, -0.25) is 4.79 Å². The van der Waals surface area contributed by atoms with Gasteiger partial charge >= 0.3 is 0 Å². The monoisotopic (exact) mass is 586 g/mol. The number of rotatable bonds is 7. The molecule has 1 atom stereocenters. The lowest BCUT2D eigenvalue weighted by atomic mass is 9.88. The zero-order valence-corrected chi connectivity index (χ0v) is 23.0. The lowest BCUT2D eigenvalue weighted by molar-refractivity contribution is -0.112. The minimum Gasteiger partial charge on any atom is -0.495 e. The van der Waals surface area contributed by atoms with Crippen LogP contribution >= 0.6 is 23.2 Å². The number of nitrogens with one attached hydrogen (secondary N) is 2. The van der Waals surface area contributed by atoms with Gasteiger partial charge in [-0.05, 0) is 25.0 Å². The van der Waals surface area contributed by atoms with E-state index in [0.717, 1.165) is 11.6 Å². The SMILES string of the molecule is C=C(C)C(=O)Nc1cc(F)cc(F)c1Nc1cc2c(cn1)CC(c1c(Cl)c(OC)cc(OC)c1Cl)c1ncnn1-2. The van der Waals surface area contributed by atoms with Crippen LogP contribution in [0.3, 0.4) is 0 Å². The summed E-state index contributed by atoms with van der Waals surface area (Å²) in [5, 5.41) is 10.3. The number of nitrogens with zero attached hydrogens (tertiary/aromatic N) is 4. The van der Waals surface area contributed by atoms with E-state index in [1.807, 2.05) is 0 Å². The molecule has 1 aliphatic heterocycles. The summed E-state index contributed by atoms with van der Waals surface area (Å²) in [5.74, 6) is -1.24. The summed E-state index contributed by atoms with van der Waals surface area (Å²) in [6.45, 7) is 5.03. The van der Waals surface area contributed by atoms with Crippen LogP contribution < -0.4 is 20.1 Å². The Balaban J connectivity index is 1.55. The summed E-state index contributed by atoms with van der Waals surface area (Å²) >= 11 is 13.4. The van der Waals surface area contributed by atoms with Crippen molar-refractivity contribution in [2.24, 2.45) is 0 Å². The van der Waals surface area contributed by atoms with Crippen molar-refractivity contribution in [2.45, 2.75) is 19.3 Å². The highest BCUT2D eigenvalue weighted by Crippen LogP contribution is 2.48. The van der Waals surface area contributed by atoms with E-state index in [1.54, 1.807) is 23.0 Å². The molecule has 1 amide bonds. The van der Waals surface area contributed by atoms with Crippen LogP contribution in [0, 0.1) is 11.6 Å². The summed E-state index contributed by atoms with van der Waals surface area (Å²) in [5.41, 5.74) is 1.86. The highest BCUT2D eigenvalue weighted by Gasteiger charge is 2.34. The number of hydrogen-bond acceptors (Lipinski definition) is 7. The average molecular weight is 587 g/mol. The number of ether oxygens (including phenoxy) is 2. The molecule has 0 aliphatic carbocycles. The van der Waals surface area contributed by atoms with Crippen molar-refractivity contribution < 1.29 is 23.0 Å². The average Bonchev–Trinajstić information content (AvgIpc) is 3.41. The van der Waals surface area contributed by atoms with E-state index >= 15 is 0 Å². The van der Waals surface area contributed by atoms with Crippen LogP contribution in [0.2, 0.25) is 10.0 Å². The van der Waals surface area contributed by atoms with Gasteiger partial charge in [0.25, 0.3) is 5.91 Å². The second kappa shape index (κ2) is 10.7. The molecule has 2 N–H and O–H groups in total. The first-order valence-corrected chi connectivity index (χ1v) is 12.6. The van der Waals surface area contributed by atoms with E-state index < -0.39 is 23.5 Å². The Morgan fingerprint density at radius 2 is 1.80 bits per heavy atom. The van der Waals surface area contributed by atoms with Crippen LogP contribution in [0.1, 0.15) is 29.8 Å². The van der Waals surface area contributed by atoms with E-state index in [9.17, 15) is 13.6 Å². The van der Waals surface area contributed by atoms with Gasteiger partial charge in [0.2, 0.25) is 0 Å². The standard InChI is InChI=1S/C27H22Cl2F2N6O3/c1-12(2)27(38)35-17-7-14(30)6-16(31)25(17)36-21-8-18-13(10-32-21)5-15(26-33-11-34-37(18)26)22-23(28)19(39-3)9-20(40-4)24(22)29/h6-11,15H,1,5H2,2-4H3,(H,32,36)(H,35,38). The second-order valence-corrected chi connectivity index (χ2v) is 9.73. The minimum absolute atomic E-state index is 0.109.